The average Bonchev–Trinajstić information content (AvgIpc) is 2.53. The maximum Gasteiger partial charge on any atom is 0.133 e. The first-order valence-corrected chi connectivity index (χ1v) is 7.55. The van der Waals surface area contributed by atoms with Crippen molar-refractivity contribution in [2.45, 2.75) is 32.6 Å². The molecule has 0 aliphatic heterocycles. The van der Waals surface area contributed by atoms with Crippen molar-refractivity contribution in [3.05, 3.63) is 65.7 Å². The van der Waals surface area contributed by atoms with Gasteiger partial charge in [-0.15, -0.1) is 0 Å². The Kier molecular flexibility index (Phi) is 6.01. The van der Waals surface area contributed by atoms with E-state index in [0.717, 1.165) is 18.6 Å². The van der Waals surface area contributed by atoms with Gasteiger partial charge < -0.3 is 4.74 Å². The topological polar surface area (TPSA) is 26.3 Å². The van der Waals surface area contributed by atoms with Crippen molar-refractivity contribution in [2.24, 2.45) is 0 Å². The number of hydrogen-bond acceptors (Lipinski definition) is 2. The number of ketones is 1. The van der Waals surface area contributed by atoms with E-state index in [4.69, 9.17) is 4.74 Å². The van der Waals surface area contributed by atoms with E-state index < -0.39 is 0 Å². The monoisotopic (exact) mass is 282 g/mol. The van der Waals surface area contributed by atoms with Crippen LogP contribution in [-0.4, -0.2) is 12.4 Å². The maximum absolute atomic E-state index is 11.9. The van der Waals surface area contributed by atoms with E-state index in [2.05, 4.69) is 12.1 Å². The molecule has 2 heteroatoms. The Balaban J connectivity index is 1.73. The molecule has 0 aliphatic carbocycles. The summed E-state index contributed by atoms with van der Waals surface area (Å²) in [6, 6.07) is 18.2. The van der Waals surface area contributed by atoms with E-state index >= 15 is 0 Å². The Labute approximate surface area is 126 Å². The van der Waals surface area contributed by atoms with Crippen molar-refractivity contribution in [1.29, 1.82) is 0 Å². The van der Waals surface area contributed by atoms with Gasteiger partial charge >= 0.3 is 0 Å². The molecule has 0 fully saturated rings. The number of rotatable bonds is 8. The number of ether oxygens (including phenoxy) is 1. The summed E-state index contributed by atoms with van der Waals surface area (Å²) >= 11 is 0. The van der Waals surface area contributed by atoms with Crippen LogP contribution in [0.3, 0.4) is 0 Å². The molecule has 2 aromatic carbocycles. The predicted molar refractivity (Wildman–Crippen MR) is 85.7 cm³/mol. The van der Waals surface area contributed by atoms with Crippen molar-refractivity contribution in [1.82, 2.24) is 0 Å². The molecule has 0 radical (unpaired) electrons. The van der Waals surface area contributed by atoms with E-state index in [-0.39, 0.29) is 0 Å². The van der Waals surface area contributed by atoms with Gasteiger partial charge in [-0.1, -0.05) is 42.5 Å². The van der Waals surface area contributed by atoms with Crippen molar-refractivity contribution in [3.8, 4) is 5.75 Å². The summed E-state index contributed by atoms with van der Waals surface area (Å²) in [6.45, 7) is 2.65. The molecule has 0 aromatic heterocycles. The van der Waals surface area contributed by atoms with E-state index in [1.54, 1.807) is 0 Å². The predicted octanol–water partition coefficient (Wildman–Crippen LogP) is 4.22. The van der Waals surface area contributed by atoms with Gasteiger partial charge in [0.2, 0.25) is 0 Å². The first kappa shape index (κ1) is 15.3. The summed E-state index contributed by atoms with van der Waals surface area (Å²) in [5.41, 5.74) is 2.42. The third kappa shape index (κ3) is 5.42. The average molecular weight is 282 g/mol. The van der Waals surface area contributed by atoms with Gasteiger partial charge in [0.25, 0.3) is 0 Å². The molecule has 0 saturated carbocycles. The summed E-state index contributed by atoms with van der Waals surface area (Å²) in [5, 5.41) is 0. The number of benzene rings is 2. The largest absolute Gasteiger partial charge is 0.494 e. The van der Waals surface area contributed by atoms with Crippen LogP contribution < -0.4 is 4.74 Å². The third-order valence-corrected chi connectivity index (χ3v) is 3.46. The smallest absolute Gasteiger partial charge is 0.133 e. The Hall–Kier alpha value is -2.09. The molecule has 0 bridgehead atoms. The molecule has 0 atom stereocenters. The fourth-order valence-corrected chi connectivity index (χ4v) is 2.26. The molecule has 0 saturated heterocycles. The number of hydrogen-bond donors (Lipinski definition) is 0. The summed E-state index contributed by atoms with van der Waals surface area (Å²) in [4.78, 5) is 11.9. The van der Waals surface area contributed by atoms with Crippen molar-refractivity contribution in [2.75, 3.05) is 6.61 Å². The van der Waals surface area contributed by atoms with Crippen LogP contribution in [0.1, 0.15) is 30.9 Å². The molecule has 0 spiro atoms. The van der Waals surface area contributed by atoms with Crippen molar-refractivity contribution in [3.63, 3.8) is 0 Å². The van der Waals surface area contributed by atoms with E-state index in [1.165, 1.54) is 11.1 Å². The second-order valence-corrected chi connectivity index (χ2v) is 5.10. The molecule has 0 aliphatic rings. The Bertz CT molecular complexity index is 544. The minimum atomic E-state index is 0.327. The van der Waals surface area contributed by atoms with Crippen LogP contribution in [0, 0.1) is 0 Å². The highest BCUT2D eigenvalue weighted by atomic mass is 16.5. The highest BCUT2D eigenvalue weighted by Crippen LogP contribution is 2.14. The first-order chi connectivity index (χ1) is 10.3. The van der Waals surface area contributed by atoms with E-state index in [0.29, 0.717) is 25.2 Å². The number of Topliss-reactive ketones (excluding diaryl/α,β-unsaturated/α-hetero) is 1. The second-order valence-electron chi connectivity index (χ2n) is 5.10. The molecule has 2 aromatic rings. The number of aryl methyl sites for hydroxylation is 2. The standard InChI is InChI=1S/C19H22O2/c1-2-21-19-14-10-17(11-15-19)9-13-18(20)12-8-16-6-4-3-5-7-16/h3-7,10-11,14-15H,2,8-9,12-13H2,1H3. The quantitative estimate of drug-likeness (QED) is 0.724. The van der Waals surface area contributed by atoms with Crippen molar-refractivity contribution >= 4 is 5.78 Å². The summed E-state index contributed by atoms with van der Waals surface area (Å²) in [7, 11) is 0. The molecular weight excluding hydrogens is 260 g/mol. The molecule has 21 heavy (non-hydrogen) atoms. The van der Waals surface area contributed by atoms with Crippen LogP contribution in [0.25, 0.3) is 0 Å². The number of carbonyl (C=O) groups excluding carboxylic acids is 1. The van der Waals surface area contributed by atoms with Crippen LogP contribution >= 0.6 is 0 Å². The van der Waals surface area contributed by atoms with Gasteiger partial charge in [-0.05, 0) is 43.0 Å². The number of carbonyl (C=O) groups is 1. The van der Waals surface area contributed by atoms with Gasteiger partial charge in [0.15, 0.2) is 0 Å². The maximum atomic E-state index is 11.9. The summed E-state index contributed by atoms with van der Waals surface area (Å²) in [6.07, 6.45) is 2.88. The summed E-state index contributed by atoms with van der Waals surface area (Å²) in [5.74, 6) is 1.21. The van der Waals surface area contributed by atoms with E-state index in [1.807, 2.05) is 49.4 Å². The van der Waals surface area contributed by atoms with Crippen LogP contribution in [0.4, 0.5) is 0 Å². The van der Waals surface area contributed by atoms with Gasteiger partial charge in [-0.2, -0.15) is 0 Å². The molecule has 0 N–H and O–H groups in total. The van der Waals surface area contributed by atoms with Crippen LogP contribution in [0.2, 0.25) is 0 Å². The molecule has 2 rings (SSSR count). The van der Waals surface area contributed by atoms with Gasteiger partial charge in [0, 0.05) is 12.8 Å². The SMILES string of the molecule is CCOc1ccc(CCC(=O)CCc2ccccc2)cc1. The van der Waals surface area contributed by atoms with Gasteiger partial charge in [-0.25, -0.2) is 0 Å². The first-order valence-electron chi connectivity index (χ1n) is 7.55. The van der Waals surface area contributed by atoms with E-state index in [9.17, 15) is 4.79 Å². The Morgan fingerprint density at radius 1 is 0.857 bits per heavy atom. The Morgan fingerprint density at radius 3 is 2.00 bits per heavy atom. The second kappa shape index (κ2) is 8.25. The third-order valence-electron chi connectivity index (χ3n) is 3.46. The molecule has 2 nitrogen and oxygen atoms in total. The molecule has 0 amide bonds. The minimum absolute atomic E-state index is 0.327. The highest BCUT2D eigenvalue weighted by Gasteiger charge is 2.04. The fourth-order valence-electron chi connectivity index (χ4n) is 2.26. The van der Waals surface area contributed by atoms with Gasteiger partial charge in [0.05, 0.1) is 6.61 Å². The van der Waals surface area contributed by atoms with Gasteiger partial charge in [0.1, 0.15) is 11.5 Å². The lowest BCUT2D eigenvalue weighted by Gasteiger charge is -2.05. The lowest BCUT2D eigenvalue weighted by atomic mass is 10.0. The summed E-state index contributed by atoms with van der Waals surface area (Å²) < 4.78 is 5.41. The normalized spacial score (nSPS) is 10.3. The fraction of sp³-hybridized carbons (Fsp3) is 0.316. The van der Waals surface area contributed by atoms with Crippen molar-refractivity contribution < 1.29 is 9.53 Å². The zero-order chi connectivity index (χ0) is 14.9. The highest BCUT2D eigenvalue weighted by molar-refractivity contribution is 5.78. The zero-order valence-electron chi connectivity index (χ0n) is 12.5. The van der Waals surface area contributed by atoms with Crippen LogP contribution in [-0.2, 0) is 17.6 Å². The van der Waals surface area contributed by atoms with Crippen LogP contribution in [0.15, 0.2) is 54.6 Å². The zero-order valence-corrected chi connectivity index (χ0v) is 12.5. The molecular formula is C19H22O2. The molecule has 0 unspecified atom stereocenters. The molecule has 0 heterocycles. The minimum Gasteiger partial charge on any atom is -0.494 e. The molecule has 110 valence electrons. The van der Waals surface area contributed by atoms with Crippen LogP contribution in [0.5, 0.6) is 5.75 Å². The Morgan fingerprint density at radius 2 is 1.43 bits per heavy atom. The van der Waals surface area contributed by atoms with Gasteiger partial charge in [-0.3, -0.25) is 4.79 Å². The lowest BCUT2D eigenvalue weighted by molar-refractivity contribution is -0.119. The lowest BCUT2D eigenvalue weighted by Crippen LogP contribution is -2.02.